The summed E-state index contributed by atoms with van der Waals surface area (Å²) in [6.45, 7) is 10.8. The molecule has 2 bridgehead atoms. The zero-order chi connectivity index (χ0) is 22.1. The Kier molecular flexibility index (Phi) is 6.86. The van der Waals surface area contributed by atoms with Gasteiger partial charge < -0.3 is 9.84 Å². The fourth-order valence-corrected chi connectivity index (χ4v) is 5.90. The second kappa shape index (κ2) is 9.05. The number of ether oxygens (including phenoxy) is 1. The first-order valence-corrected chi connectivity index (χ1v) is 11.3. The van der Waals surface area contributed by atoms with E-state index in [1.807, 2.05) is 12.2 Å². The highest BCUT2D eigenvalue weighted by molar-refractivity contribution is 5.91. The molecule has 8 atom stereocenters. The van der Waals surface area contributed by atoms with Crippen LogP contribution < -0.4 is 0 Å². The van der Waals surface area contributed by atoms with Crippen LogP contribution in [0.15, 0.2) is 48.1 Å². The molecule has 1 heterocycles. The van der Waals surface area contributed by atoms with Crippen LogP contribution in [0.5, 0.6) is 0 Å². The molecule has 1 N–H and O–H groups in total. The normalized spacial score (nSPS) is 40.0. The van der Waals surface area contributed by atoms with Gasteiger partial charge >= 0.3 is 5.97 Å². The summed E-state index contributed by atoms with van der Waals surface area (Å²) < 4.78 is 6.57. The summed E-state index contributed by atoms with van der Waals surface area (Å²) in [5, 5.41) is 8.71. The second-order valence-corrected chi connectivity index (χ2v) is 9.65. The van der Waals surface area contributed by atoms with E-state index in [1.165, 1.54) is 11.6 Å². The molecule has 164 valence electrons. The van der Waals surface area contributed by atoms with E-state index in [0.29, 0.717) is 11.8 Å². The summed E-state index contributed by atoms with van der Waals surface area (Å²) in [7, 11) is 0. The average Bonchev–Trinajstić information content (AvgIpc) is 2.71. The van der Waals surface area contributed by atoms with E-state index >= 15 is 0 Å². The van der Waals surface area contributed by atoms with Gasteiger partial charge in [0.05, 0.1) is 6.10 Å². The second-order valence-electron chi connectivity index (χ2n) is 9.65. The lowest BCUT2D eigenvalue weighted by atomic mass is 9.47. The number of hydrogen-bond acceptors (Lipinski definition) is 3. The van der Waals surface area contributed by atoms with Crippen LogP contribution in [0.25, 0.3) is 0 Å². The molecule has 1 saturated heterocycles. The van der Waals surface area contributed by atoms with E-state index in [4.69, 9.17) is 9.84 Å². The number of hydrogen-bond donors (Lipinski definition) is 1. The molecule has 0 radical (unpaired) electrons. The molecule has 1 aliphatic heterocycles. The highest BCUT2D eigenvalue weighted by Crippen LogP contribution is 2.59. The zero-order valence-electron chi connectivity index (χ0n) is 18.9. The number of rotatable bonds is 6. The van der Waals surface area contributed by atoms with Gasteiger partial charge in [0.25, 0.3) is 0 Å². The van der Waals surface area contributed by atoms with Crippen molar-refractivity contribution in [3.8, 4) is 0 Å². The Morgan fingerprint density at radius 2 is 2.00 bits per heavy atom. The first kappa shape index (κ1) is 22.7. The topological polar surface area (TPSA) is 63.6 Å². The van der Waals surface area contributed by atoms with Crippen molar-refractivity contribution in [2.24, 2.45) is 35.0 Å². The lowest BCUT2D eigenvalue weighted by Crippen LogP contribution is -2.66. The number of carbonyl (C=O) groups is 2. The van der Waals surface area contributed by atoms with Crippen LogP contribution in [0.3, 0.4) is 0 Å². The number of aliphatic carboxylic acids is 1. The molecule has 0 amide bonds. The SMILES string of the molecule is CC[C@@H](C)[C@H]1O[C@@H]2[C@@H]3CC(C)=CC[C@H]3[C@H](/C=C/C=C/C=C/C(=O)O)[C@](C)(C1=O)[C@@H]2C. The van der Waals surface area contributed by atoms with Crippen LogP contribution in [-0.2, 0) is 14.3 Å². The van der Waals surface area contributed by atoms with Crippen LogP contribution in [0, 0.1) is 35.0 Å². The Morgan fingerprint density at radius 3 is 2.67 bits per heavy atom. The summed E-state index contributed by atoms with van der Waals surface area (Å²) in [5.41, 5.74) is 0.979. The molecule has 4 nitrogen and oxygen atoms in total. The monoisotopic (exact) mass is 412 g/mol. The van der Waals surface area contributed by atoms with Crippen LogP contribution >= 0.6 is 0 Å². The maximum atomic E-state index is 13.8. The number of carboxylic acid groups (broad SMARTS) is 1. The molecule has 0 aromatic rings. The zero-order valence-corrected chi connectivity index (χ0v) is 18.9. The Bertz CT molecular complexity index is 789. The lowest BCUT2D eigenvalue weighted by molar-refractivity contribution is -0.218. The van der Waals surface area contributed by atoms with Gasteiger partial charge in [0.15, 0.2) is 5.78 Å². The fourth-order valence-electron chi connectivity index (χ4n) is 5.90. The predicted octanol–water partition coefficient (Wildman–Crippen LogP) is 5.37. The van der Waals surface area contributed by atoms with Gasteiger partial charge in [-0.3, -0.25) is 4.79 Å². The first-order valence-electron chi connectivity index (χ1n) is 11.3. The van der Waals surface area contributed by atoms with Crippen molar-refractivity contribution >= 4 is 11.8 Å². The Hall–Kier alpha value is -1.94. The van der Waals surface area contributed by atoms with E-state index in [0.717, 1.165) is 25.3 Å². The van der Waals surface area contributed by atoms with Gasteiger partial charge in [-0.25, -0.2) is 4.79 Å². The van der Waals surface area contributed by atoms with Gasteiger partial charge in [0.1, 0.15) is 6.10 Å². The number of carboxylic acids is 1. The third-order valence-corrected chi connectivity index (χ3v) is 8.00. The Morgan fingerprint density at radius 1 is 1.30 bits per heavy atom. The van der Waals surface area contributed by atoms with Gasteiger partial charge in [-0.15, -0.1) is 0 Å². The minimum absolute atomic E-state index is 0.124. The van der Waals surface area contributed by atoms with E-state index in [-0.39, 0.29) is 35.7 Å². The number of fused-ring (bicyclic) bond motifs is 4. The highest BCUT2D eigenvalue weighted by Gasteiger charge is 2.63. The number of allylic oxidation sites excluding steroid dienone is 7. The standard InChI is InChI=1S/C26H36O4/c1-6-17(3)23-25(29)26(5)18(4)24(30-23)20-15-16(2)13-14-19(20)21(26)11-9-7-8-10-12-22(27)28/h7-13,17-21,23-24H,6,14-15H2,1-5H3,(H,27,28)/b8-7+,11-9+,12-10+/t17-,18-,19-,20-,21+,23-,24+,26-/m1/s1. The molecule has 4 heteroatoms. The Balaban J connectivity index is 1.97. The molecule has 2 aliphatic carbocycles. The molecule has 0 spiro atoms. The van der Waals surface area contributed by atoms with Crippen molar-refractivity contribution in [3.05, 3.63) is 48.1 Å². The fraction of sp³-hybridized carbons (Fsp3) is 0.615. The molecule has 1 saturated carbocycles. The average molecular weight is 413 g/mol. The molecule has 0 aromatic carbocycles. The minimum Gasteiger partial charge on any atom is -0.478 e. The summed E-state index contributed by atoms with van der Waals surface area (Å²) in [6, 6.07) is 0. The van der Waals surface area contributed by atoms with Gasteiger partial charge in [0.2, 0.25) is 0 Å². The first-order chi connectivity index (χ1) is 14.2. The van der Waals surface area contributed by atoms with Gasteiger partial charge in [-0.1, -0.05) is 76.1 Å². The third kappa shape index (κ3) is 3.99. The molecule has 0 aromatic heterocycles. The minimum atomic E-state index is -0.959. The molecular formula is C26H36O4. The van der Waals surface area contributed by atoms with Gasteiger partial charge in [-0.2, -0.15) is 0 Å². The smallest absolute Gasteiger partial charge is 0.328 e. The summed E-state index contributed by atoms with van der Waals surface area (Å²) >= 11 is 0. The molecular weight excluding hydrogens is 376 g/mol. The largest absolute Gasteiger partial charge is 0.478 e. The van der Waals surface area contributed by atoms with Crippen molar-refractivity contribution in [2.75, 3.05) is 0 Å². The number of ketones is 1. The van der Waals surface area contributed by atoms with Gasteiger partial charge in [-0.05, 0) is 49.4 Å². The lowest BCUT2D eigenvalue weighted by Gasteiger charge is -2.61. The maximum Gasteiger partial charge on any atom is 0.328 e. The molecule has 30 heavy (non-hydrogen) atoms. The van der Waals surface area contributed by atoms with Crippen molar-refractivity contribution in [3.63, 3.8) is 0 Å². The van der Waals surface area contributed by atoms with Crippen LogP contribution in [-0.4, -0.2) is 29.1 Å². The van der Waals surface area contributed by atoms with E-state index in [1.54, 1.807) is 6.08 Å². The van der Waals surface area contributed by atoms with Crippen LogP contribution in [0.4, 0.5) is 0 Å². The molecule has 2 fully saturated rings. The highest BCUT2D eigenvalue weighted by atomic mass is 16.5. The summed E-state index contributed by atoms with van der Waals surface area (Å²) in [5.74, 6) is 0.657. The van der Waals surface area contributed by atoms with Crippen LogP contribution in [0.1, 0.15) is 53.9 Å². The third-order valence-electron chi connectivity index (χ3n) is 8.00. The maximum absolute atomic E-state index is 13.8. The molecule has 3 rings (SSSR count). The van der Waals surface area contributed by atoms with Crippen LogP contribution in [0.2, 0.25) is 0 Å². The van der Waals surface area contributed by atoms with E-state index in [9.17, 15) is 9.59 Å². The summed E-state index contributed by atoms with van der Waals surface area (Å²) in [6.07, 6.45) is 15.5. The van der Waals surface area contributed by atoms with Crippen molar-refractivity contribution < 1.29 is 19.4 Å². The quantitative estimate of drug-likeness (QED) is 0.362. The van der Waals surface area contributed by atoms with E-state index in [2.05, 4.69) is 46.8 Å². The number of Topliss-reactive ketones (excluding diaryl/α,β-unsaturated/α-hetero) is 1. The molecule has 0 unspecified atom stereocenters. The van der Waals surface area contributed by atoms with Crippen molar-refractivity contribution in [1.29, 1.82) is 0 Å². The van der Waals surface area contributed by atoms with Crippen molar-refractivity contribution in [2.45, 2.75) is 66.1 Å². The summed E-state index contributed by atoms with van der Waals surface area (Å²) in [4.78, 5) is 24.4. The van der Waals surface area contributed by atoms with Gasteiger partial charge in [0, 0.05) is 11.5 Å². The van der Waals surface area contributed by atoms with Crippen molar-refractivity contribution in [1.82, 2.24) is 0 Å². The predicted molar refractivity (Wildman–Crippen MR) is 119 cm³/mol. The number of carbonyl (C=O) groups excluding carboxylic acids is 1. The Labute approximate surface area is 180 Å². The van der Waals surface area contributed by atoms with E-state index < -0.39 is 11.4 Å². The molecule has 3 aliphatic rings.